The van der Waals surface area contributed by atoms with Gasteiger partial charge in [-0.25, -0.2) is 0 Å². The first-order chi connectivity index (χ1) is 6.80. The lowest BCUT2D eigenvalue weighted by atomic mass is 10.2. The molecule has 0 fully saturated rings. The van der Waals surface area contributed by atoms with Crippen LogP contribution in [-0.4, -0.2) is 41.7 Å². The topological polar surface area (TPSA) is 71.0 Å². The molecule has 2 unspecified atom stereocenters. The van der Waals surface area contributed by atoms with Gasteiger partial charge in [-0.3, -0.25) is 5.32 Å². The molecule has 0 aromatic heterocycles. The number of aliphatic hydroxyl groups excluding tert-OH is 1. The highest BCUT2D eigenvalue weighted by atomic mass is 16.7. The third kappa shape index (κ3) is 6.81. The first-order valence-corrected chi connectivity index (χ1v) is 5.13. The van der Waals surface area contributed by atoms with Crippen LogP contribution in [0.4, 0.5) is 0 Å². The van der Waals surface area contributed by atoms with E-state index in [1.807, 2.05) is 27.7 Å². The maximum absolute atomic E-state index is 9.04. The van der Waals surface area contributed by atoms with Gasteiger partial charge >= 0.3 is 0 Å². The van der Waals surface area contributed by atoms with Gasteiger partial charge in [0.25, 0.3) is 0 Å². The highest BCUT2D eigenvalue weighted by molar-refractivity contribution is 4.68. The summed E-state index contributed by atoms with van der Waals surface area (Å²) >= 11 is 0. The predicted octanol–water partition coefficient (Wildman–Crippen LogP) is 0.410. The van der Waals surface area contributed by atoms with Gasteiger partial charge in [0.05, 0.1) is 11.6 Å². The van der Waals surface area contributed by atoms with Crippen molar-refractivity contribution in [3.8, 4) is 0 Å². The van der Waals surface area contributed by atoms with E-state index in [2.05, 4.69) is 5.32 Å². The first kappa shape index (κ1) is 14.8. The molecule has 5 nitrogen and oxygen atoms in total. The number of nitrogens with one attached hydrogen (secondary N) is 1. The fourth-order valence-corrected chi connectivity index (χ4v) is 1.06. The Morgan fingerprint density at radius 1 is 1.27 bits per heavy atom. The first-order valence-electron chi connectivity index (χ1n) is 5.13. The molecular weight excluding hydrogens is 198 g/mol. The Balaban J connectivity index is 4.19. The van der Waals surface area contributed by atoms with E-state index in [0.717, 1.165) is 0 Å². The molecule has 0 aromatic carbocycles. The van der Waals surface area contributed by atoms with Crippen molar-refractivity contribution in [2.24, 2.45) is 0 Å². The van der Waals surface area contributed by atoms with Crippen LogP contribution >= 0.6 is 0 Å². The Hall–Kier alpha value is -0.200. The van der Waals surface area contributed by atoms with Crippen molar-refractivity contribution in [2.75, 3.05) is 7.11 Å². The molecule has 0 aromatic rings. The second-order valence-corrected chi connectivity index (χ2v) is 4.39. The molecule has 92 valence electrons. The molecule has 0 spiro atoms. The molecule has 3 N–H and O–H groups in total. The van der Waals surface area contributed by atoms with Crippen LogP contribution in [0, 0.1) is 0 Å². The van der Waals surface area contributed by atoms with E-state index in [1.165, 1.54) is 7.11 Å². The highest BCUT2D eigenvalue weighted by Gasteiger charge is 2.23. The van der Waals surface area contributed by atoms with Crippen molar-refractivity contribution in [1.29, 1.82) is 0 Å². The average molecular weight is 221 g/mol. The lowest BCUT2D eigenvalue weighted by Crippen LogP contribution is -2.49. The molecule has 5 heteroatoms. The Morgan fingerprint density at radius 2 is 1.80 bits per heavy atom. The maximum atomic E-state index is 9.04. The quantitative estimate of drug-likeness (QED) is 0.567. The van der Waals surface area contributed by atoms with Gasteiger partial charge in [-0.1, -0.05) is 6.92 Å². The van der Waals surface area contributed by atoms with Crippen molar-refractivity contribution in [2.45, 2.75) is 58.5 Å². The van der Waals surface area contributed by atoms with E-state index in [9.17, 15) is 0 Å². The monoisotopic (exact) mass is 221 g/mol. The van der Waals surface area contributed by atoms with Crippen LogP contribution in [0.2, 0.25) is 0 Å². The zero-order chi connectivity index (χ0) is 12.1. The van der Waals surface area contributed by atoms with Crippen LogP contribution in [0.15, 0.2) is 0 Å². The van der Waals surface area contributed by atoms with E-state index >= 15 is 0 Å². The number of methoxy groups -OCH3 is 1. The van der Waals surface area contributed by atoms with Crippen LogP contribution in [0.25, 0.3) is 0 Å². The second kappa shape index (κ2) is 6.40. The van der Waals surface area contributed by atoms with Crippen molar-refractivity contribution in [1.82, 2.24) is 5.32 Å². The van der Waals surface area contributed by atoms with Crippen LogP contribution in [0.1, 0.15) is 34.1 Å². The van der Waals surface area contributed by atoms with Gasteiger partial charge in [-0.05, 0) is 27.2 Å². The Labute approximate surface area is 91.4 Å². The molecule has 0 aliphatic rings. The largest absolute Gasteiger partial charge is 0.367 e. The number of ether oxygens (including phenoxy) is 2. The minimum absolute atomic E-state index is 0.355. The van der Waals surface area contributed by atoms with Gasteiger partial charge in [0.1, 0.15) is 0 Å². The lowest BCUT2D eigenvalue weighted by molar-refractivity contribution is -0.212. The predicted molar refractivity (Wildman–Crippen MR) is 57.1 cm³/mol. The van der Waals surface area contributed by atoms with Crippen molar-refractivity contribution < 1.29 is 19.7 Å². The van der Waals surface area contributed by atoms with E-state index in [0.29, 0.717) is 6.42 Å². The fourth-order valence-electron chi connectivity index (χ4n) is 1.06. The third-order valence-corrected chi connectivity index (χ3v) is 1.82. The molecule has 15 heavy (non-hydrogen) atoms. The fraction of sp³-hybridized carbons (Fsp3) is 1.00. The molecular formula is C10H23NO4. The number of hydrogen-bond acceptors (Lipinski definition) is 5. The second-order valence-electron chi connectivity index (χ2n) is 4.39. The smallest absolute Gasteiger partial charge is 0.216 e. The average Bonchev–Trinajstić information content (AvgIpc) is 2.09. The number of aliphatic hydroxyl groups is 2. The SMILES string of the molecule is CCC(NC(OC)OC(C)(C)C)C(O)O. The molecule has 0 amide bonds. The standard InChI is InChI=1S/C10H23NO4/c1-6-7(8(12)13)11-9(14-5)15-10(2,3)4/h7-9,11-13H,6H2,1-5H3. The summed E-state index contributed by atoms with van der Waals surface area (Å²) in [7, 11) is 1.50. The van der Waals surface area contributed by atoms with Gasteiger partial charge in [-0.2, -0.15) is 0 Å². The highest BCUT2D eigenvalue weighted by Crippen LogP contribution is 2.11. The molecule has 0 rings (SSSR count). The Morgan fingerprint density at radius 3 is 2.07 bits per heavy atom. The minimum atomic E-state index is -1.42. The van der Waals surface area contributed by atoms with Gasteiger partial charge in [0, 0.05) is 7.11 Å². The van der Waals surface area contributed by atoms with E-state index in [-0.39, 0.29) is 5.60 Å². The summed E-state index contributed by atoms with van der Waals surface area (Å²) in [5, 5.41) is 20.9. The Bertz CT molecular complexity index is 167. The third-order valence-electron chi connectivity index (χ3n) is 1.82. The summed E-state index contributed by atoms with van der Waals surface area (Å²) in [6.45, 7) is 7.55. The van der Waals surface area contributed by atoms with Gasteiger partial charge in [-0.15, -0.1) is 0 Å². The zero-order valence-electron chi connectivity index (χ0n) is 10.2. The number of rotatable bonds is 6. The lowest BCUT2D eigenvalue weighted by Gasteiger charge is -2.30. The van der Waals surface area contributed by atoms with Gasteiger partial charge in [0.15, 0.2) is 6.29 Å². The van der Waals surface area contributed by atoms with E-state index < -0.39 is 18.7 Å². The van der Waals surface area contributed by atoms with Gasteiger partial charge in [0.2, 0.25) is 6.41 Å². The minimum Gasteiger partial charge on any atom is -0.367 e. The summed E-state index contributed by atoms with van der Waals surface area (Å²) in [4.78, 5) is 0. The van der Waals surface area contributed by atoms with E-state index in [1.54, 1.807) is 0 Å². The summed E-state index contributed by atoms with van der Waals surface area (Å²) in [6.07, 6.45) is -1.49. The van der Waals surface area contributed by atoms with Crippen molar-refractivity contribution in [3.05, 3.63) is 0 Å². The molecule has 0 aliphatic carbocycles. The van der Waals surface area contributed by atoms with Gasteiger partial charge < -0.3 is 19.7 Å². The molecule has 0 saturated carbocycles. The summed E-state index contributed by atoms with van der Waals surface area (Å²) in [5.74, 6) is 0. The molecule has 0 bridgehead atoms. The van der Waals surface area contributed by atoms with Crippen molar-refractivity contribution in [3.63, 3.8) is 0 Å². The summed E-state index contributed by atoms with van der Waals surface area (Å²) in [5.41, 5.74) is -0.355. The number of hydrogen-bond donors (Lipinski definition) is 3. The van der Waals surface area contributed by atoms with Crippen LogP contribution in [-0.2, 0) is 9.47 Å². The normalized spacial score (nSPS) is 16.8. The zero-order valence-corrected chi connectivity index (χ0v) is 10.2. The Kier molecular flexibility index (Phi) is 6.31. The molecule has 0 heterocycles. The summed E-state index contributed by atoms with van der Waals surface area (Å²) in [6, 6.07) is -0.461. The van der Waals surface area contributed by atoms with Crippen LogP contribution in [0.3, 0.4) is 0 Å². The van der Waals surface area contributed by atoms with Crippen molar-refractivity contribution >= 4 is 0 Å². The van der Waals surface area contributed by atoms with Crippen LogP contribution in [0.5, 0.6) is 0 Å². The summed E-state index contributed by atoms with van der Waals surface area (Å²) < 4.78 is 10.6. The maximum Gasteiger partial charge on any atom is 0.216 e. The molecule has 2 atom stereocenters. The molecule has 0 aliphatic heterocycles. The van der Waals surface area contributed by atoms with Crippen LogP contribution < -0.4 is 5.32 Å². The molecule has 0 radical (unpaired) electrons. The molecule has 0 saturated heterocycles. The van der Waals surface area contributed by atoms with E-state index in [4.69, 9.17) is 19.7 Å².